The SMILES string of the molecule is OCC1OC2O[C@H]3[C@H](O)[C@@H](O)C(OC4[C@@H](CO)OC(O[C@H]5[C@H](O)[C@@H](O)C(O[C@H]6[C@H](O)[C@@H](O)C(OC7[C@@H](CO)OC(O[C@H]8[C@H](O)[C@@H](O)C(O[C@H]9[C@H](O)[C@@H](O)C(O[C@H]1[C@H](O)[C@H]2O)O[C@@H]9CO)O[C@@H]8CO)[C@H](O)[C@H]7O)O[C@@H]6CO)O[C@@H]5CO)[C@H](O)[C@H]4O)O[C@@H]3CO. The first kappa shape index (κ1) is 70.7. The lowest BCUT2D eigenvalue weighted by molar-refractivity contribution is -0.404. The van der Waals surface area contributed by atoms with Crippen LogP contribution in [-0.4, -0.2) is 421 Å². The van der Waals surface area contributed by atoms with Crippen molar-refractivity contribution in [2.75, 3.05) is 52.9 Å². The van der Waals surface area contributed by atoms with Crippen LogP contribution >= 0.6 is 0 Å². The molecule has 88 heavy (non-hydrogen) atoms. The predicted octanol–water partition coefficient (Wildman–Crippen LogP) is -17.4. The lowest BCUT2D eigenvalue weighted by atomic mass is 9.94. The molecule has 0 aromatic heterocycles. The molecule has 0 radical (unpaired) electrons. The summed E-state index contributed by atoms with van der Waals surface area (Å²) in [5, 5.41) is 265. The van der Waals surface area contributed by atoms with Gasteiger partial charge < -0.3 is 198 Å². The second kappa shape index (κ2) is 30.0. The maximum absolute atomic E-state index is 11.4. The molecular formula is C48H80O40. The number of rotatable bonds is 8. The van der Waals surface area contributed by atoms with Gasteiger partial charge in [-0.05, 0) is 0 Å². The van der Waals surface area contributed by atoms with E-state index in [0.29, 0.717) is 0 Å². The van der Waals surface area contributed by atoms with Crippen LogP contribution in [0.3, 0.4) is 0 Å². The van der Waals surface area contributed by atoms with Crippen molar-refractivity contribution in [2.45, 2.75) is 246 Å². The third-order valence-electron chi connectivity index (χ3n) is 16.9. The summed E-state index contributed by atoms with van der Waals surface area (Å²) in [5.41, 5.74) is 0. The summed E-state index contributed by atoms with van der Waals surface area (Å²) in [6.07, 6.45) is -82.0. The van der Waals surface area contributed by atoms with Gasteiger partial charge in [0, 0.05) is 0 Å². The average Bonchev–Trinajstić information content (AvgIpc) is 1.01. The van der Waals surface area contributed by atoms with Crippen molar-refractivity contribution in [3.63, 3.8) is 0 Å². The summed E-state index contributed by atoms with van der Waals surface area (Å²) in [6.45, 7) is -8.64. The summed E-state index contributed by atoms with van der Waals surface area (Å²) in [5.74, 6) is 0. The van der Waals surface area contributed by atoms with Gasteiger partial charge in [0.25, 0.3) is 0 Å². The highest BCUT2D eigenvalue weighted by molar-refractivity contribution is 5.02. The van der Waals surface area contributed by atoms with Gasteiger partial charge in [0.2, 0.25) is 0 Å². The summed E-state index contributed by atoms with van der Waals surface area (Å²) >= 11 is 0. The zero-order valence-corrected chi connectivity index (χ0v) is 46.0. The number of ether oxygens (including phenoxy) is 16. The van der Waals surface area contributed by atoms with Crippen molar-refractivity contribution in [3.05, 3.63) is 0 Å². The van der Waals surface area contributed by atoms with Crippen LogP contribution in [0.15, 0.2) is 0 Å². The van der Waals surface area contributed by atoms with Crippen LogP contribution in [0.1, 0.15) is 0 Å². The Morgan fingerprint density at radius 2 is 0.227 bits per heavy atom. The van der Waals surface area contributed by atoms with Gasteiger partial charge in [0.1, 0.15) is 195 Å². The first-order chi connectivity index (χ1) is 41.9. The van der Waals surface area contributed by atoms with Gasteiger partial charge in [-0.25, -0.2) is 0 Å². The Hall–Kier alpha value is -1.60. The smallest absolute Gasteiger partial charge is 0.187 e. The summed E-state index contributed by atoms with van der Waals surface area (Å²) in [4.78, 5) is 0. The first-order valence-electron chi connectivity index (χ1n) is 28.1. The van der Waals surface area contributed by atoms with Crippen molar-refractivity contribution < 1.29 is 198 Å². The van der Waals surface area contributed by atoms with Gasteiger partial charge in [-0.3, -0.25) is 0 Å². The lowest BCUT2D eigenvalue weighted by Crippen LogP contribution is -2.69. The van der Waals surface area contributed by atoms with Gasteiger partial charge in [-0.1, -0.05) is 0 Å². The second-order valence-electron chi connectivity index (χ2n) is 22.5. The topological polar surface area (TPSA) is 633 Å². The van der Waals surface area contributed by atoms with Crippen molar-refractivity contribution in [1.82, 2.24) is 0 Å². The largest absolute Gasteiger partial charge is 0.394 e. The molecule has 512 valence electrons. The molecule has 24 N–H and O–H groups in total. The summed E-state index contributed by atoms with van der Waals surface area (Å²) < 4.78 is 91.1. The van der Waals surface area contributed by atoms with E-state index in [1.807, 2.05) is 0 Å². The molecule has 30 heterocycles. The zero-order valence-electron chi connectivity index (χ0n) is 46.0. The number of hydrogen-bond donors (Lipinski definition) is 24. The Balaban J connectivity index is 0.975. The molecule has 0 aromatic carbocycles. The molecule has 0 saturated carbocycles. The molecule has 40 atom stereocenters. The molecule has 30 aliphatic rings. The fourth-order valence-corrected chi connectivity index (χ4v) is 11.9. The highest BCUT2D eigenvalue weighted by Crippen LogP contribution is 2.40. The zero-order chi connectivity index (χ0) is 64.1. The molecule has 0 amide bonds. The molecule has 40 nitrogen and oxygen atoms in total. The fraction of sp³-hybridized carbons (Fsp3) is 1.00. The number of aliphatic hydroxyl groups is 24. The van der Waals surface area contributed by atoms with Crippen LogP contribution in [0.25, 0.3) is 0 Å². The van der Waals surface area contributed by atoms with Crippen molar-refractivity contribution in [1.29, 1.82) is 0 Å². The van der Waals surface area contributed by atoms with E-state index >= 15 is 0 Å². The van der Waals surface area contributed by atoms with Gasteiger partial charge >= 0.3 is 0 Å². The first-order valence-corrected chi connectivity index (χ1v) is 28.1. The van der Waals surface area contributed by atoms with E-state index in [4.69, 9.17) is 75.8 Å². The van der Waals surface area contributed by atoms with Crippen LogP contribution in [-0.2, 0) is 75.8 Å². The minimum absolute atomic E-state index is 1.08. The molecule has 40 heteroatoms. The van der Waals surface area contributed by atoms with E-state index in [0.717, 1.165) is 0 Å². The van der Waals surface area contributed by atoms with Crippen LogP contribution in [0.2, 0.25) is 0 Å². The van der Waals surface area contributed by atoms with E-state index in [9.17, 15) is 123 Å². The van der Waals surface area contributed by atoms with Crippen LogP contribution < -0.4 is 0 Å². The Labute approximate surface area is 496 Å². The quantitative estimate of drug-likeness (QED) is 0.107. The summed E-state index contributed by atoms with van der Waals surface area (Å²) in [6, 6.07) is 0. The van der Waals surface area contributed by atoms with Crippen LogP contribution in [0.4, 0.5) is 0 Å². The van der Waals surface area contributed by atoms with Crippen LogP contribution in [0, 0.1) is 0 Å². The lowest BCUT2D eigenvalue weighted by Gasteiger charge is -2.50. The number of hydrogen-bond acceptors (Lipinski definition) is 40. The third-order valence-corrected chi connectivity index (χ3v) is 16.9. The van der Waals surface area contributed by atoms with Crippen molar-refractivity contribution in [2.24, 2.45) is 0 Å². The van der Waals surface area contributed by atoms with E-state index in [-0.39, 0.29) is 0 Å². The van der Waals surface area contributed by atoms with Gasteiger partial charge in [-0.15, -0.1) is 0 Å². The Morgan fingerprint density at radius 1 is 0.136 bits per heavy atom. The second-order valence-corrected chi connectivity index (χ2v) is 22.5. The van der Waals surface area contributed by atoms with Gasteiger partial charge in [0.15, 0.2) is 50.3 Å². The maximum Gasteiger partial charge on any atom is 0.187 e. The van der Waals surface area contributed by atoms with Crippen LogP contribution in [0.5, 0.6) is 0 Å². The van der Waals surface area contributed by atoms with E-state index in [2.05, 4.69) is 0 Å². The Kier molecular flexibility index (Phi) is 24.1. The van der Waals surface area contributed by atoms with E-state index < -0.39 is 299 Å². The number of aliphatic hydroxyl groups excluding tert-OH is 24. The molecule has 11 unspecified atom stereocenters. The van der Waals surface area contributed by atoms with Gasteiger partial charge in [0.05, 0.1) is 52.9 Å². The minimum Gasteiger partial charge on any atom is -0.394 e. The molecule has 30 rings (SSSR count). The normalized spacial score (nSPS) is 55.4. The Morgan fingerprint density at radius 3 is 0.307 bits per heavy atom. The molecule has 30 fully saturated rings. The summed E-state index contributed by atoms with van der Waals surface area (Å²) in [7, 11) is 0. The predicted molar refractivity (Wildman–Crippen MR) is 261 cm³/mol. The molecule has 0 aromatic rings. The Bertz CT molecular complexity index is 1700. The molecule has 16 bridgehead atoms. The molecule has 0 aliphatic carbocycles. The minimum atomic E-state index is -2.25. The average molecular weight is 1300 g/mol. The fourth-order valence-electron chi connectivity index (χ4n) is 11.9. The molecule has 30 aliphatic heterocycles. The van der Waals surface area contributed by atoms with E-state index in [1.54, 1.807) is 0 Å². The maximum atomic E-state index is 11.4. The van der Waals surface area contributed by atoms with E-state index in [1.165, 1.54) is 0 Å². The molecular weight excluding hydrogens is 1220 g/mol. The van der Waals surface area contributed by atoms with Crippen molar-refractivity contribution >= 4 is 0 Å². The molecule has 30 saturated heterocycles. The van der Waals surface area contributed by atoms with Gasteiger partial charge in [-0.2, -0.15) is 0 Å². The van der Waals surface area contributed by atoms with Crippen molar-refractivity contribution in [3.8, 4) is 0 Å². The monoisotopic (exact) mass is 1300 g/mol. The third kappa shape index (κ3) is 13.8. The standard InChI is InChI=1S/C48H80O40/c49-1-9-33-17(57)25(65)41(73-9)82-34-10(2-50)75-43(27(67)19(34)59)84-36-12(4-52)77-45(29(69)21(36)61)86-38-14(6-54)79-47(31(71)23(38)63)88-40-16(8-56)80-48(32(72)24(40)64)87-39-15(7-55)78-46(30(70)22(39)62)85-37-13(5-53)76-44(28(68)20(37)60)83-35-11(3-51)74-42(81-33)26(66)18(35)58/h9-72H,1-8H2/t9-,10-,11-,12-,13-,14-,15-,16?,17-,18-,19-,20-,21-,22-,23-,24-,25-,26-,27-,28-,29-,30-,31-,32-,33-,34?,35-,36-,37?,38-,39-,40-,41?,42?,43?,44?,45?,46?,47?,48?/m1/s1. The molecule has 0 spiro atoms. The highest BCUT2D eigenvalue weighted by atomic mass is 16.8. The highest BCUT2D eigenvalue weighted by Gasteiger charge is 2.60.